The van der Waals surface area contributed by atoms with Gasteiger partial charge in [-0.25, -0.2) is 9.59 Å². The first kappa shape index (κ1) is 28.1. The van der Waals surface area contributed by atoms with E-state index in [0.717, 1.165) is 36.3 Å². The van der Waals surface area contributed by atoms with Gasteiger partial charge in [-0.05, 0) is 81.5 Å². The molecule has 212 valence electrons. The molecule has 1 aliphatic carbocycles. The maximum atomic E-state index is 14.0. The van der Waals surface area contributed by atoms with Crippen molar-refractivity contribution in [1.29, 1.82) is 5.26 Å². The van der Waals surface area contributed by atoms with Crippen LogP contribution in [0.25, 0.3) is 0 Å². The maximum Gasteiger partial charge on any atom is 0.354 e. The number of hydrogen-bond donors (Lipinski definition) is 2. The number of benzene rings is 2. The quantitative estimate of drug-likeness (QED) is 0.381. The predicted octanol–water partition coefficient (Wildman–Crippen LogP) is 5.20. The van der Waals surface area contributed by atoms with Gasteiger partial charge < -0.3 is 20.1 Å². The molecule has 1 unspecified atom stereocenters. The third-order valence-electron chi connectivity index (χ3n) is 7.43. The number of nitriles is 1. The molecule has 0 saturated carbocycles. The van der Waals surface area contributed by atoms with Crippen LogP contribution in [0.15, 0.2) is 60.8 Å². The van der Waals surface area contributed by atoms with Crippen molar-refractivity contribution in [3.8, 4) is 6.07 Å². The van der Waals surface area contributed by atoms with Crippen LogP contribution in [0.3, 0.4) is 0 Å². The molecule has 0 bridgehead atoms. The molecule has 1 aliphatic heterocycles. The fourth-order valence-corrected chi connectivity index (χ4v) is 5.63. The number of nitrogens with zero attached hydrogens (tertiary/aromatic N) is 3. The van der Waals surface area contributed by atoms with E-state index in [1.165, 1.54) is 12.7 Å². The number of aryl methyl sites for hydroxylation is 1. The highest BCUT2D eigenvalue weighted by atomic mass is 16.6. The molecule has 2 heterocycles. The second-order valence-corrected chi connectivity index (χ2v) is 11.5. The fourth-order valence-electron chi connectivity index (χ4n) is 5.63. The molecule has 0 spiro atoms. The van der Waals surface area contributed by atoms with Gasteiger partial charge in [0.25, 0.3) is 0 Å². The Balaban J connectivity index is 1.60. The van der Waals surface area contributed by atoms with Crippen LogP contribution >= 0.6 is 0 Å². The number of pyridine rings is 1. The zero-order valence-corrected chi connectivity index (χ0v) is 23.9. The van der Waals surface area contributed by atoms with Gasteiger partial charge in [0.05, 0.1) is 54.0 Å². The molecule has 0 fully saturated rings. The van der Waals surface area contributed by atoms with Crippen molar-refractivity contribution >= 4 is 23.3 Å². The highest BCUT2D eigenvalue weighted by Gasteiger charge is 2.49. The Hall–Kier alpha value is -4.42. The van der Waals surface area contributed by atoms with Crippen molar-refractivity contribution in [2.24, 2.45) is 0 Å². The van der Waals surface area contributed by atoms with Gasteiger partial charge in [0, 0.05) is 12.7 Å². The van der Waals surface area contributed by atoms with Crippen LogP contribution in [0.4, 0.5) is 11.4 Å². The van der Waals surface area contributed by atoms with E-state index >= 15 is 0 Å². The molecule has 41 heavy (non-hydrogen) atoms. The number of rotatable bonds is 7. The van der Waals surface area contributed by atoms with Crippen LogP contribution in [-0.4, -0.2) is 46.7 Å². The van der Waals surface area contributed by atoms with E-state index in [2.05, 4.69) is 27.7 Å². The monoisotopic (exact) mass is 553 g/mol. The first-order chi connectivity index (χ1) is 19.6. The van der Waals surface area contributed by atoms with E-state index in [-0.39, 0.29) is 12.6 Å². The van der Waals surface area contributed by atoms with Crippen molar-refractivity contribution in [3.05, 3.63) is 88.7 Å². The van der Waals surface area contributed by atoms with Gasteiger partial charge in [-0.2, -0.15) is 5.26 Å². The van der Waals surface area contributed by atoms with Gasteiger partial charge in [0.1, 0.15) is 5.60 Å². The molecule has 2 N–H and O–H groups in total. The molecule has 0 radical (unpaired) electrons. The van der Waals surface area contributed by atoms with Crippen molar-refractivity contribution in [3.63, 3.8) is 0 Å². The number of nitrogens with one attached hydrogen (secondary N) is 2. The Kier molecular flexibility index (Phi) is 7.70. The Morgan fingerprint density at radius 2 is 1.85 bits per heavy atom. The number of ether oxygens (including phenoxy) is 2. The second kappa shape index (κ2) is 11.2. The zero-order valence-electron chi connectivity index (χ0n) is 23.9. The minimum atomic E-state index is -1.30. The van der Waals surface area contributed by atoms with E-state index < -0.39 is 23.2 Å². The molecular weight excluding hydrogens is 518 g/mol. The molecule has 2 aliphatic rings. The minimum Gasteiger partial charge on any atom is -0.465 e. The number of aromatic nitrogens is 1. The lowest BCUT2D eigenvalue weighted by Gasteiger charge is -2.41. The van der Waals surface area contributed by atoms with Gasteiger partial charge in [0.15, 0.2) is 0 Å². The van der Waals surface area contributed by atoms with Crippen LogP contribution in [0.5, 0.6) is 0 Å². The number of methoxy groups -OCH3 is 1. The summed E-state index contributed by atoms with van der Waals surface area (Å²) in [5.74, 6) is -0.957. The normalized spacial score (nSPS) is 16.9. The summed E-state index contributed by atoms with van der Waals surface area (Å²) >= 11 is 0. The van der Waals surface area contributed by atoms with Crippen molar-refractivity contribution in [1.82, 2.24) is 9.88 Å². The summed E-state index contributed by atoms with van der Waals surface area (Å²) in [5.41, 5.74) is 3.08. The number of fused-ring (bicyclic) bond motifs is 2. The third-order valence-corrected chi connectivity index (χ3v) is 7.43. The smallest absolute Gasteiger partial charge is 0.354 e. The molecule has 1 atom stereocenters. The Morgan fingerprint density at radius 1 is 1.12 bits per heavy atom. The highest BCUT2D eigenvalue weighted by Crippen LogP contribution is 2.40. The highest BCUT2D eigenvalue weighted by molar-refractivity contribution is 5.95. The van der Waals surface area contributed by atoms with Crippen LogP contribution in [-0.2, 0) is 27.2 Å². The number of carbonyl (C=O) groups excluding carboxylic acids is 2. The summed E-state index contributed by atoms with van der Waals surface area (Å²) < 4.78 is 11.0. The van der Waals surface area contributed by atoms with Gasteiger partial charge in [0.2, 0.25) is 5.66 Å². The molecule has 1 aromatic heterocycles. The molecule has 9 nitrogen and oxygen atoms in total. The van der Waals surface area contributed by atoms with Gasteiger partial charge in [-0.3, -0.25) is 9.88 Å². The van der Waals surface area contributed by atoms with E-state index in [4.69, 9.17) is 14.5 Å². The molecule has 5 rings (SSSR count). The molecule has 2 aromatic carbocycles. The van der Waals surface area contributed by atoms with E-state index in [0.29, 0.717) is 23.2 Å². The summed E-state index contributed by atoms with van der Waals surface area (Å²) in [7, 11) is 1.32. The topological polar surface area (TPSA) is 117 Å². The average molecular weight is 554 g/mol. The molecule has 9 heteroatoms. The summed E-state index contributed by atoms with van der Waals surface area (Å²) in [4.78, 5) is 33.7. The number of para-hydroxylation sites is 2. The van der Waals surface area contributed by atoms with Crippen LogP contribution in [0, 0.1) is 11.3 Å². The van der Waals surface area contributed by atoms with Crippen LogP contribution < -0.4 is 10.6 Å². The predicted molar refractivity (Wildman–Crippen MR) is 155 cm³/mol. The minimum absolute atomic E-state index is 0.132. The summed E-state index contributed by atoms with van der Waals surface area (Å²) in [6, 6.07) is 18.7. The van der Waals surface area contributed by atoms with Crippen molar-refractivity contribution in [2.75, 3.05) is 24.3 Å². The maximum absolute atomic E-state index is 14.0. The Labute approximate surface area is 240 Å². The largest absolute Gasteiger partial charge is 0.465 e. The summed E-state index contributed by atoms with van der Waals surface area (Å²) in [5, 5.41) is 16.3. The second-order valence-electron chi connectivity index (χ2n) is 11.5. The average Bonchev–Trinajstić information content (AvgIpc) is 3.35. The van der Waals surface area contributed by atoms with Gasteiger partial charge in [-0.1, -0.05) is 24.3 Å². The first-order valence-corrected chi connectivity index (χ1v) is 13.8. The lowest BCUT2D eigenvalue weighted by atomic mass is 9.89. The van der Waals surface area contributed by atoms with Gasteiger partial charge >= 0.3 is 11.9 Å². The molecular formula is C32H35N5O4. The number of anilines is 2. The molecule has 0 saturated heterocycles. The lowest BCUT2D eigenvalue weighted by molar-refractivity contribution is -0.160. The third kappa shape index (κ3) is 5.88. The Bertz CT molecular complexity index is 1480. The lowest BCUT2D eigenvalue weighted by Crippen LogP contribution is -2.60. The first-order valence-electron chi connectivity index (χ1n) is 13.8. The number of esters is 2. The summed E-state index contributed by atoms with van der Waals surface area (Å²) in [6.45, 7) is 6.05. The van der Waals surface area contributed by atoms with E-state index in [9.17, 15) is 14.9 Å². The zero-order chi connectivity index (χ0) is 29.2. The molecule has 3 aromatic rings. The van der Waals surface area contributed by atoms with Gasteiger partial charge in [-0.15, -0.1) is 0 Å². The van der Waals surface area contributed by atoms with Crippen LogP contribution in [0.1, 0.15) is 72.4 Å². The number of hydrogen-bond acceptors (Lipinski definition) is 9. The number of carbonyl (C=O) groups is 2. The van der Waals surface area contributed by atoms with Crippen LogP contribution in [0.2, 0.25) is 0 Å². The molecule has 0 amide bonds. The van der Waals surface area contributed by atoms with E-state index in [1.807, 2.05) is 51.1 Å². The van der Waals surface area contributed by atoms with Crippen molar-refractivity contribution < 1.29 is 19.1 Å². The Morgan fingerprint density at radius 3 is 2.51 bits per heavy atom. The standard InChI is InChI=1S/C32H35N5O4/c1-31(2,3)41-30(39)32(35-25-11-5-6-12-26(25)36-32)20-37(27-13-7-9-22-10-8-16-34-28(22)27)19-23-15-14-21(18-33)17-24(23)29(38)40-4/h5-6,8,10-12,14-17,27,35-36H,7,9,13,19-20H2,1-4H3. The summed E-state index contributed by atoms with van der Waals surface area (Å²) in [6.07, 6.45) is 4.50. The van der Waals surface area contributed by atoms with Crippen molar-refractivity contribution in [2.45, 2.75) is 63.9 Å². The van der Waals surface area contributed by atoms with E-state index in [1.54, 1.807) is 24.4 Å². The SMILES string of the molecule is COC(=O)c1cc(C#N)ccc1CN(CC1(C(=O)OC(C)(C)C)Nc2ccccc2N1)C1CCCc2cccnc21. The fraction of sp³-hybridized carbons (Fsp3) is 0.375.